The van der Waals surface area contributed by atoms with Gasteiger partial charge in [-0.1, -0.05) is 29.8 Å². The summed E-state index contributed by atoms with van der Waals surface area (Å²) in [5, 5.41) is 13.8. The van der Waals surface area contributed by atoms with Crippen molar-refractivity contribution in [3.05, 3.63) is 76.1 Å². The second-order valence-electron chi connectivity index (χ2n) is 5.71. The van der Waals surface area contributed by atoms with Crippen molar-refractivity contribution < 1.29 is 9.59 Å². The maximum Gasteiger partial charge on any atom is 0.265 e. The Hall–Kier alpha value is -3.16. The zero-order valence-electron chi connectivity index (χ0n) is 13.8. The van der Waals surface area contributed by atoms with Crippen molar-refractivity contribution in [3.8, 4) is 0 Å². The first-order chi connectivity index (χ1) is 13.1. The third-order valence-electron chi connectivity index (χ3n) is 3.85. The first-order valence-electron chi connectivity index (χ1n) is 8.01. The number of hydrogen-bond acceptors (Lipinski definition) is 4. The third kappa shape index (κ3) is 3.69. The predicted octanol–water partition coefficient (Wildman–Crippen LogP) is 4.78. The molecule has 0 bridgehead atoms. The molecule has 0 spiro atoms. The molecule has 3 N–H and O–H groups in total. The van der Waals surface area contributed by atoms with Crippen LogP contribution in [0.3, 0.4) is 0 Å². The molecular weight excluding hydrogens is 384 g/mol. The van der Waals surface area contributed by atoms with E-state index in [0.717, 1.165) is 0 Å². The molecular formula is C19H13ClN4O2S. The molecule has 0 radical (unpaired) electrons. The van der Waals surface area contributed by atoms with Gasteiger partial charge in [-0.3, -0.25) is 14.7 Å². The lowest BCUT2D eigenvalue weighted by molar-refractivity contribution is 0.102. The molecule has 2 aromatic heterocycles. The highest BCUT2D eigenvalue weighted by Crippen LogP contribution is 2.30. The lowest BCUT2D eigenvalue weighted by Crippen LogP contribution is -2.12. The SMILES string of the molecule is O=C(Nc1n[nH]c2sc(C(=O)Nc3ccc(Cl)cc3)cc12)c1ccccc1. The van der Waals surface area contributed by atoms with E-state index < -0.39 is 0 Å². The molecule has 0 aliphatic heterocycles. The van der Waals surface area contributed by atoms with Crippen LogP contribution in [0.15, 0.2) is 60.7 Å². The fourth-order valence-corrected chi connectivity index (χ4v) is 3.54. The van der Waals surface area contributed by atoms with Crippen LogP contribution in [0.1, 0.15) is 20.0 Å². The highest BCUT2D eigenvalue weighted by molar-refractivity contribution is 7.20. The lowest BCUT2D eigenvalue weighted by atomic mass is 10.2. The maximum atomic E-state index is 12.5. The highest BCUT2D eigenvalue weighted by Gasteiger charge is 2.17. The molecule has 4 rings (SSSR count). The quantitative estimate of drug-likeness (QED) is 0.463. The average Bonchev–Trinajstić information content (AvgIpc) is 3.26. The van der Waals surface area contributed by atoms with E-state index in [0.29, 0.717) is 37.2 Å². The Morgan fingerprint density at radius 3 is 2.44 bits per heavy atom. The minimum atomic E-state index is -0.262. The summed E-state index contributed by atoms with van der Waals surface area (Å²) in [6.45, 7) is 0. The summed E-state index contributed by atoms with van der Waals surface area (Å²) < 4.78 is 0. The number of thiophene rings is 1. The zero-order valence-corrected chi connectivity index (χ0v) is 15.4. The molecule has 2 amide bonds. The maximum absolute atomic E-state index is 12.5. The van der Waals surface area contributed by atoms with Crippen LogP contribution in [0.5, 0.6) is 0 Å². The largest absolute Gasteiger partial charge is 0.321 e. The lowest BCUT2D eigenvalue weighted by Gasteiger charge is -2.03. The van der Waals surface area contributed by atoms with Gasteiger partial charge in [0, 0.05) is 16.3 Å². The van der Waals surface area contributed by atoms with Crippen molar-refractivity contribution in [1.29, 1.82) is 0 Å². The van der Waals surface area contributed by atoms with Crippen LogP contribution in [0.4, 0.5) is 11.5 Å². The van der Waals surface area contributed by atoms with Gasteiger partial charge in [-0.05, 0) is 42.5 Å². The highest BCUT2D eigenvalue weighted by atomic mass is 35.5. The minimum absolute atomic E-state index is 0.243. The molecule has 2 heterocycles. The number of anilines is 2. The second-order valence-corrected chi connectivity index (χ2v) is 7.20. The smallest absolute Gasteiger partial charge is 0.265 e. The molecule has 0 aliphatic carbocycles. The van der Waals surface area contributed by atoms with E-state index in [2.05, 4.69) is 20.8 Å². The van der Waals surface area contributed by atoms with Crippen molar-refractivity contribution in [3.63, 3.8) is 0 Å². The van der Waals surface area contributed by atoms with Gasteiger partial charge in [-0.2, -0.15) is 5.10 Å². The number of H-pyrrole nitrogens is 1. The summed E-state index contributed by atoms with van der Waals surface area (Å²) >= 11 is 7.12. The number of benzene rings is 2. The third-order valence-corrected chi connectivity index (χ3v) is 5.14. The van der Waals surface area contributed by atoms with E-state index in [1.54, 1.807) is 54.6 Å². The Morgan fingerprint density at radius 1 is 0.963 bits per heavy atom. The average molecular weight is 397 g/mol. The minimum Gasteiger partial charge on any atom is -0.321 e. The molecule has 0 fully saturated rings. The molecule has 134 valence electrons. The number of amides is 2. The molecule has 6 nitrogen and oxygen atoms in total. The van der Waals surface area contributed by atoms with Gasteiger partial charge in [-0.15, -0.1) is 11.3 Å². The molecule has 0 unspecified atom stereocenters. The first kappa shape index (κ1) is 17.3. The Balaban J connectivity index is 1.54. The van der Waals surface area contributed by atoms with Gasteiger partial charge in [0.15, 0.2) is 5.82 Å². The van der Waals surface area contributed by atoms with Gasteiger partial charge in [0.05, 0.1) is 10.3 Å². The summed E-state index contributed by atoms with van der Waals surface area (Å²) in [6.07, 6.45) is 0. The number of aromatic nitrogens is 2. The molecule has 8 heteroatoms. The number of rotatable bonds is 4. The van der Waals surface area contributed by atoms with Gasteiger partial charge in [-0.25, -0.2) is 0 Å². The number of fused-ring (bicyclic) bond motifs is 1. The van der Waals surface area contributed by atoms with E-state index in [1.165, 1.54) is 11.3 Å². The number of nitrogens with one attached hydrogen (secondary N) is 3. The van der Waals surface area contributed by atoms with Crippen molar-refractivity contribution in [1.82, 2.24) is 10.2 Å². The standard InChI is InChI=1S/C19H13ClN4O2S/c20-12-6-8-13(9-7-12)21-18(26)15-10-14-16(23-24-19(14)27-15)22-17(25)11-4-2-1-3-5-11/h1-10H,(H,21,26)(H2,22,23,24,25). The van der Waals surface area contributed by atoms with Gasteiger partial charge in [0.2, 0.25) is 0 Å². The van der Waals surface area contributed by atoms with Crippen LogP contribution in [0, 0.1) is 0 Å². The monoisotopic (exact) mass is 396 g/mol. The van der Waals surface area contributed by atoms with Crippen LogP contribution in [0.25, 0.3) is 10.2 Å². The zero-order chi connectivity index (χ0) is 18.8. The van der Waals surface area contributed by atoms with Gasteiger partial charge >= 0.3 is 0 Å². The summed E-state index contributed by atoms with van der Waals surface area (Å²) in [7, 11) is 0. The van der Waals surface area contributed by atoms with E-state index in [-0.39, 0.29) is 11.8 Å². The molecule has 4 aromatic rings. The number of halogens is 1. The van der Waals surface area contributed by atoms with Crippen molar-refractivity contribution in [2.75, 3.05) is 10.6 Å². The number of carbonyl (C=O) groups excluding carboxylic acids is 2. The second kappa shape index (κ2) is 7.22. The Bertz CT molecular complexity index is 1120. The van der Waals surface area contributed by atoms with Crippen molar-refractivity contribution >= 4 is 56.5 Å². The summed E-state index contributed by atoms with van der Waals surface area (Å²) in [5.74, 6) is -0.115. The van der Waals surface area contributed by atoms with Crippen LogP contribution >= 0.6 is 22.9 Å². The number of carbonyl (C=O) groups is 2. The Kier molecular flexibility index (Phi) is 4.62. The summed E-state index contributed by atoms with van der Waals surface area (Å²) in [5.41, 5.74) is 1.18. The molecule has 0 aliphatic rings. The molecule has 27 heavy (non-hydrogen) atoms. The number of hydrogen-bond donors (Lipinski definition) is 3. The van der Waals surface area contributed by atoms with Crippen LogP contribution in [-0.4, -0.2) is 22.0 Å². The van der Waals surface area contributed by atoms with Crippen molar-refractivity contribution in [2.45, 2.75) is 0 Å². The molecule has 0 atom stereocenters. The van der Waals surface area contributed by atoms with Crippen LogP contribution in [0.2, 0.25) is 5.02 Å². The van der Waals surface area contributed by atoms with Crippen LogP contribution < -0.4 is 10.6 Å². The fourth-order valence-electron chi connectivity index (χ4n) is 2.52. The van der Waals surface area contributed by atoms with E-state index >= 15 is 0 Å². The molecule has 0 saturated heterocycles. The van der Waals surface area contributed by atoms with E-state index in [9.17, 15) is 9.59 Å². The van der Waals surface area contributed by atoms with E-state index in [1.807, 2.05) is 6.07 Å². The van der Waals surface area contributed by atoms with Gasteiger partial charge < -0.3 is 10.6 Å². The summed E-state index contributed by atoms with van der Waals surface area (Å²) in [4.78, 5) is 26.0. The summed E-state index contributed by atoms with van der Waals surface area (Å²) in [6, 6.07) is 17.4. The van der Waals surface area contributed by atoms with Crippen LogP contribution in [-0.2, 0) is 0 Å². The number of aromatic amines is 1. The predicted molar refractivity (Wildman–Crippen MR) is 108 cm³/mol. The van der Waals surface area contributed by atoms with Crippen molar-refractivity contribution in [2.24, 2.45) is 0 Å². The molecule has 2 aromatic carbocycles. The van der Waals surface area contributed by atoms with E-state index in [4.69, 9.17) is 11.6 Å². The van der Waals surface area contributed by atoms with Gasteiger partial charge in [0.25, 0.3) is 11.8 Å². The van der Waals surface area contributed by atoms with Gasteiger partial charge in [0.1, 0.15) is 4.83 Å². The first-order valence-corrected chi connectivity index (χ1v) is 9.21. The number of nitrogens with zero attached hydrogens (tertiary/aromatic N) is 1. The normalized spacial score (nSPS) is 10.7. The Labute approximate surface area is 163 Å². The Morgan fingerprint density at radius 2 is 1.70 bits per heavy atom. The topological polar surface area (TPSA) is 86.9 Å². The molecule has 0 saturated carbocycles. The fraction of sp³-hybridized carbons (Fsp3) is 0.